The lowest BCUT2D eigenvalue weighted by Crippen LogP contribution is -2.39. The van der Waals surface area contributed by atoms with Crippen LogP contribution in [0.1, 0.15) is 38.5 Å². The zero-order valence-corrected chi connectivity index (χ0v) is 15.8. The summed E-state index contributed by atoms with van der Waals surface area (Å²) in [6, 6.07) is 7.98. The Morgan fingerprint density at radius 1 is 1.27 bits per heavy atom. The Hall–Kier alpha value is -1.70. The number of sulfonamides is 1. The van der Waals surface area contributed by atoms with E-state index in [4.69, 9.17) is 0 Å². The van der Waals surface area contributed by atoms with E-state index in [1.54, 1.807) is 30.3 Å². The van der Waals surface area contributed by atoms with Crippen molar-refractivity contribution in [1.29, 1.82) is 0 Å². The van der Waals surface area contributed by atoms with E-state index in [0.29, 0.717) is 32.1 Å². The van der Waals surface area contributed by atoms with Gasteiger partial charge in [0.1, 0.15) is 0 Å². The molecule has 0 amide bonds. The molecular formula is C19H27NO5S. The third-order valence-electron chi connectivity index (χ3n) is 4.70. The largest absolute Gasteiger partial charge is 0.469 e. The smallest absolute Gasteiger partial charge is 0.305 e. The van der Waals surface area contributed by atoms with Gasteiger partial charge in [-0.15, -0.1) is 0 Å². The monoisotopic (exact) mass is 381 g/mol. The van der Waals surface area contributed by atoms with Crippen molar-refractivity contribution in [1.82, 2.24) is 4.72 Å². The SMILES string of the molecule is COC(=O)CCC/C=C\CC1C(O)CCC1NS(=O)(=O)c1ccccc1. The van der Waals surface area contributed by atoms with Crippen molar-refractivity contribution in [2.24, 2.45) is 5.92 Å². The molecule has 0 radical (unpaired) electrons. The molecule has 1 aliphatic carbocycles. The van der Waals surface area contributed by atoms with Crippen LogP contribution in [-0.4, -0.2) is 38.7 Å². The number of esters is 1. The number of unbranched alkanes of at least 4 members (excludes halogenated alkanes) is 1. The highest BCUT2D eigenvalue weighted by molar-refractivity contribution is 7.89. The zero-order chi connectivity index (χ0) is 19.0. The molecule has 0 saturated heterocycles. The van der Waals surface area contributed by atoms with Gasteiger partial charge in [-0.2, -0.15) is 0 Å². The van der Waals surface area contributed by atoms with Crippen LogP contribution in [0.4, 0.5) is 0 Å². The first-order valence-electron chi connectivity index (χ1n) is 8.91. The summed E-state index contributed by atoms with van der Waals surface area (Å²) in [5, 5.41) is 10.2. The number of benzene rings is 1. The van der Waals surface area contributed by atoms with Crippen LogP contribution in [-0.2, 0) is 19.6 Å². The van der Waals surface area contributed by atoms with Gasteiger partial charge in [0.2, 0.25) is 10.0 Å². The summed E-state index contributed by atoms with van der Waals surface area (Å²) in [6.07, 6.45) is 7.05. The molecule has 2 N–H and O–H groups in total. The molecule has 0 bridgehead atoms. The number of hydrogen-bond acceptors (Lipinski definition) is 5. The molecule has 0 aromatic heterocycles. The van der Waals surface area contributed by atoms with E-state index in [9.17, 15) is 18.3 Å². The first-order valence-corrected chi connectivity index (χ1v) is 10.4. The van der Waals surface area contributed by atoms with Gasteiger partial charge in [0.05, 0.1) is 18.1 Å². The molecular weight excluding hydrogens is 354 g/mol. The van der Waals surface area contributed by atoms with E-state index in [2.05, 4.69) is 9.46 Å². The Kier molecular flexibility index (Phi) is 7.81. The maximum Gasteiger partial charge on any atom is 0.305 e. The van der Waals surface area contributed by atoms with Crippen LogP contribution in [0.5, 0.6) is 0 Å². The number of ether oxygens (including phenoxy) is 1. The fourth-order valence-corrected chi connectivity index (χ4v) is 4.56. The van der Waals surface area contributed by atoms with E-state index < -0.39 is 16.1 Å². The minimum absolute atomic E-state index is 0.148. The molecule has 2 rings (SSSR count). The second-order valence-electron chi connectivity index (χ2n) is 6.52. The molecule has 7 heteroatoms. The lowest BCUT2D eigenvalue weighted by atomic mass is 9.98. The van der Waals surface area contributed by atoms with Crippen LogP contribution in [0, 0.1) is 5.92 Å². The number of rotatable bonds is 9. The maximum absolute atomic E-state index is 12.5. The Labute approximate surface area is 155 Å². The number of aliphatic hydroxyl groups excluding tert-OH is 1. The molecule has 0 heterocycles. The first-order chi connectivity index (χ1) is 12.4. The van der Waals surface area contributed by atoms with Crippen molar-refractivity contribution in [2.75, 3.05) is 7.11 Å². The number of nitrogens with one attached hydrogen (secondary N) is 1. The lowest BCUT2D eigenvalue weighted by molar-refractivity contribution is -0.140. The first kappa shape index (κ1) is 20.6. The molecule has 1 aliphatic rings. The fourth-order valence-electron chi connectivity index (χ4n) is 3.22. The molecule has 1 aromatic carbocycles. The molecule has 26 heavy (non-hydrogen) atoms. The van der Waals surface area contributed by atoms with Crippen LogP contribution < -0.4 is 4.72 Å². The fraction of sp³-hybridized carbons (Fsp3) is 0.526. The van der Waals surface area contributed by atoms with E-state index in [1.165, 1.54) is 7.11 Å². The summed E-state index contributed by atoms with van der Waals surface area (Å²) >= 11 is 0. The van der Waals surface area contributed by atoms with Gasteiger partial charge in [0.25, 0.3) is 0 Å². The topological polar surface area (TPSA) is 92.7 Å². The van der Waals surface area contributed by atoms with Gasteiger partial charge >= 0.3 is 5.97 Å². The highest BCUT2D eigenvalue weighted by atomic mass is 32.2. The predicted molar refractivity (Wildman–Crippen MR) is 98.9 cm³/mol. The van der Waals surface area contributed by atoms with Crippen molar-refractivity contribution < 1.29 is 23.1 Å². The van der Waals surface area contributed by atoms with E-state index in [1.807, 2.05) is 12.2 Å². The molecule has 1 fully saturated rings. The minimum Gasteiger partial charge on any atom is -0.469 e. The highest BCUT2D eigenvalue weighted by Crippen LogP contribution is 2.30. The second kappa shape index (κ2) is 9.85. The number of carbonyl (C=O) groups is 1. The standard InChI is InChI=1S/C19H27NO5S/c1-25-19(22)12-8-3-2-7-11-16-17(13-14-18(16)21)20-26(23,24)15-9-5-4-6-10-15/h2,4-7,9-10,16-18,20-21H,3,8,11-14H2,1H3/b7-2-. The molecule has 0 spiro atoms. The van der Waals surface area contributed by atoms with Gasteiger partial charge in [0, 0.05) is 18.4 Å². The Bertz CT molecular complexity index is 702. The van der Waals surface area contributed by atoms with Crippen LogP contribution in [0.25, 0.3) is 0 Å². The predicted octanol–water partition coefficient (Wildman–Crippen LogP) is 2.39. The summed E-state index contributed by atoms with van der Waals surface area (Å²) in [7, 11) is -2.22. The molecule has 6 nitrogen and oxygen atoms in total. The summed E-state index contributed by atoms with van der Waals surface area (Å²) in [6.45, 7) is 0. The minimum atomic E-state index is -3.59. The van der Waals surface area contributed by atoms with Crippen LogP contribution >= 0.6 is 0 Å². The summed E-state index contributed by atoms with van der Waals surface area (Å²) in [4.78, 5) is 11.3. The lowest BCUT2D eigenvalue weighted by Gasteiger charge is -2.22. The molecule has 1 saturated carbocycles. The Balaban J connectivity index is 1.88. The van der Waals surface area contributed by atoms with E-state index >= 15 is 0 Å². The van der Waals surface area contributed by atoms with Gasteiger partial charge in [-0.05, 0) is 44.2 Å². The molecule has 3 atom stereocenters. The van der Waals surface area contributed by atoms with Crippen molar-refractivity contribution in [2.45, 2.75) is 55.6 Å². The van der Waals surface area contributed by atoms with Gasteiger partial charge in [0.15, 0.2) is 0 Å². The second-order valence-corrected chi connectivity index (χ2v) is 8.24. The average molecular weight is 381 g/mol. The number of aliphatic hydroxyl groups is 1. The Morgan fingerprint density at radius 3 is 2.69 bits per heavy atom. The number of methoxy groups -OCH3 is 1. The number of allylic oxidation sites excluding steroid dienone is 2. The normalized spacial score (nSPS) is 23.4. The van der Waals surface area contributed by atoms with Gasteiger partial charge < -0.3 is 9.84 Å². The molecule has 144 valence electrons. The summed E-state index contributed by atoms with van der Waals surface area (Å²) in [5.74, 6) is -0.370. The number of hydrogen-bond donors (Lipinski definition) is 2. The van der Waals surface area contributed by atoms with Crippen LogP contribution in [0.15, 0.2) is 47.4 Å². The Morgan fingerprint density at radius 2 is 2.00 bits per heavy atom. The molecule has 0 aliphatic heterocycles. The quantitative estimate of drug-likeness (QED) is 0.389. The van der Waals surface area contributed by atoms with Crippen molar-refractivity contribution in [3.63, 3.8) is 0 Å². The number of carbonyl (C=O) groups excluding carboxylic acids is 1. The maximum atomic E-state index is 12.5. The van der Waals surface area contributed by atoms with Crippen molar-refractivity contribution in [3.05, 3.63) is 42.5 Å². The van der Waals surface area contributed by atoms with Crippen LogP contribution in [0.2, 0.25) is 0 Å². The summed E-state index contributed by atoms with van der Waals surface area (Å²) in [5.41, 5.74) is 0. The van der Waals surface area contributed by atoms with Crippen molar-refractivity contribution >= 4 is 16.0 Å². The van der Waals surface area contributed by atoms with Gasteiger partial charge in [-0.1, -0.05) is 30.4 Å². The average Bonchev–Trinajstić information content (AvgIpc) is 2.97. The summed E-state index contributed by atoms with van der Waals surface area (Å²) < 4.78 is 32.3. The highest BCUT2D eigenvalue weighted by Gasteiger charge is 2.36. The third-order valence-corrected chi connectivity index (χ3v) is 6.20. The van der Waals surface area contributed by atoms with Gasteiger partial charge in [-0.25, -0.2) is 13.1 Å². The van der Waals surface area contributed by atoms with E-state index in [-0.39, 0.29) is 22.8 Å². The molecule has 1 aromatic rings. The van der Waals surface area contributed by atoms with E-state index in [0.717, 1.165) is 6.42 Å². The van der Waals surface area contributed by atoms with Crippen molar-refractivity contribution in [3.8, 4) is 0 Å². The van der Waals surface area contributed by atoms with Crippen LogP contribution in [0.3, 0.4) is 0 Å². The zero-order valence-electron chi connectivity index (χ0n) is 15.0. The third kappa shape index (κ3) is 5.93. The molecule has 3 unspecified atom stereocenters. The van der Waals surface area contributed by atoms with Gasteiger partial charge in [-0.3, -0.25) is 4.79 Å².